The van der Waals surface area contributed by atoms with Crippen LogP contribution in [-0.4, -0.2) is 16.1 Å². The van der Waals surface area contributed by atoms with Gasteiger partial charge in [-0.3, -0.25) is 4.79 Å². The number of aliphatic carboxylic acids is 1. The number of aromatic amines is 1. The van der Waals surface area contributed by atoms with Crippen molar-refractivity contribution in [3.63, 3.8) is 0 Å². The van der Waals surface area contributed by atoms with Gasteiger partial charge in [-0.25, -0.2) is 0 Å². The molecule has 84 valence electrons. The van der Waals surface area contributed by atoms with Gasteiger partial charge in [0.1, 0.15) is 0 Å². The molecule has 0 spiro atoms. The first kappa shape index (κ1) is 10.7. The van der Waals surface area contributed by atoms with Crippen LogP contribution < -0.4 is 0 Å². The zero-order valence-corrected chi connectivity index (χ0v) is 9.23. The standard InChI is InChI=1S/C13H15NO2/c1-9(7-13(15)16)11-8-14-12-6-4-2-3-5-10(11)12/h3-6,8-9,14H,2,7H2,1H3,(H,15,16)/t9-/m1/s1. The summed E-state index contributed by atoms with van der Waals surface area (Å²) in [4.78, 5) is 13.9. The Balaban J connectivity index is 2.32. The number of carboxylic acids is 1. The fourth-order valence-electron chi connectivity index (χ4n) is 2.02. The van der Waals surface area contributed by atoms with Crippen molar-refractivity contribution in [2.24, 2.45) is 0 Å². The molecule has 0 fully saturated rings. The number of H-pyrrole nitrogens is 1. The summed E-state index contributed by atoms with van der Waals surface area (Å²) in [5, 5.41) is 8.80. The van der Waals surface area contributed by atoms with Crippen LogP contribution in [0.2, 0.25) is 0 Å². The first-order chi connectivity index (χ1) is 7.68. The molecule has 1 aliphatic rings. The highest BCUT2D eigenvalue weighted by Crippen LogP contribution is 2.28. The van der Waals surface area contributed by atoms with Crippen molar-refractivity contribution in [2.75, 3.05) is 0 Å². The van der Waals surface area contributed by atoms with Crippen LogP contribution in [0.3, 0.4) is 0 Å². The number of fused-ring (bicyclic) bond motifs is 1. The van der Waals surface area contributed by atoms with Gasteiger partial charge in [0, 0.05) is 17.5 Å². The molecule has 16 heavy (non-hydrogen) atoms. The summed E-state index contributed by atoms with van der Waals surface area (Å²) >= 11 is 0. The van der Waals surface area contributed by atoms with Crippen LogP contribution in [0.25, 0.3) is 12.2 Å². The van der Waals surface area contributed by atoms with Crippen LogP contribution in [0.5, 0.6) is 0 Å². The van der Waals surface area contributed by atoms with Crippen molar-refractivity contribution >= 4 is 18.1 Å². The number of nitrogens with one attached hydrogen (secondary N) is 1. The first-order valence-corrected chi connectivity index (χ1v) is 5.44. The van der Waals surface area contributed by atoms with Gasteiger partial charge in [-0.05, 0) is 24.0 Å². The first-order valence-electron chi connectivity index (χ1n) is 5.44. The van der Waals surface area contributed by atoms with Gasteiger partial charge in [0.15, 0.2) is 0 Å². The van der Waals surface area contributed by atoms with Crippen molar-refractivity contribution in [3.8, 4) is 0 Å². The number of hydrogen-bond donors (Lipinski definition) is 2. The summed E-state index contributed by atoms with van der Waals surface area (Å²) in [5.41, 5.74) is 3.28. The highest BCUT2D eigenvalue weighted by atomic mass is 16.4. The Morgan fingerprint density at radius 2 is 2.25 bits per heavy atom. The third kappa shape index (κ3) is 2.08. The van der Waals surface area contributed by atoms with Crippen LogP contribution >= 0.6 is 0 Å². The van der Waals surface area contributed by atoms with E-state index in [-0.39, 0.29) is 12.3 Å². The molecule has 2 N–H and O–H groups in total. The number of carbonyl (C=O) groups is 1. The van der Waals surface area contributed by atoms with Gasteiger partial charge in [-0.15, -0.1) is 0 Å². The molecular formula is C13H15NO2. The van der Waals surface area contributed by atoms with E-state index in [0.717, 1.165) is 23.2 Å². The normalized spacial score (nSPS) is 15.6. The van der Waals surface area contributed by atoms with Gasteiger partial charge < -0.3 is 10.1 Å². The summed E-state index contributed by atoms with van der Waals surface area (Å²) in [7, 11) is 0. The predicted molar refractivity (Wildman–Crippen MR) is 64.1 cm³/mol. The number of aromatic nitrogens is 1. The highest BCUT2D eigenvalue weighted by Gasteiger charge is 2.16. The van der Waals surface area contributed by atoms with E-state index in [1.165, 1.54) is 0 Å². The van der Waals surface area contributed by atoms with Gasteiger partial charge in [0.2, 0.25) is 0 Å². The molecule has 1 aromatic heterocycles. The lowest BCUT2D eigenvalue weighted by molar-refractivity contribution is -0.137. The molecule has 1 aromatic rings. The molecule has 1 aliphatic carbocycles. The summed E-state index contributed by atoms with van der Waals surface area (Å²) in [6, 6.07) is 0. The molecule has 3 nitrogen and oxygen atoms in total. The molecule has 3 heteroatoms. The minimum atomic E-state index is -0.754. The second-order valence-electron chi connectivity index (χ2n) is 4.11. The van der Waals surface area contributed by atoms with Crippen LogP contribution in [0.1, 0.15) is 42.5 Å². The van der Waals surface area contributed by atoms with Crippen molar-refractivity contribution in [1.82, 2.24) is 4.98 Å². The molecule has 0 saturated carbocycles. The molecule has 0 unspecified atom stereocenters. The van der Waals surface area contributed by atoms with Crippen molar-refractivity contribution < 1.29 is 9.90 Å². The summed E-state index contributed by atoms with van der Waals surface area (Å²) < 4.78 is 0. The van der Waals surface area contributed by atoms with Crippen molar-refractivity contribution in [1.29, 1.82) is 0 Å². The largest absolute Gasteiger partial charge is 0.481 e. The van der Waals surface area contributed by atoms with Crippen molar-refractivity contribution in [3.05, 3.63) is 35.2 Å². The van der Waals surface area contributed by atoms with E-state index < -0.39 is 5.97 Å². The van der Waals surface area contributed by atoms with Crippen LogP contribution in [0, 0.1) is 0 Å². The molecule has 1 heterocycles. The second-order valence-corrected chi connectivity index (χ2v) is 4.11. The van der Waals surface area contributed by atoms with E-state index in [4.69, 9.17) is 5.11 Å². The zero-order valence-electron chi connectivity index (χ0n) is 9.23. The number of rotatable bonds is 3. The Hall–Kier alpha value is -1.77. The van der Waals surface area contributed by atoms with Crippen LogP contribution in [0.15, 0.2) is 18.3 Å². The Morgan fingerprint density at radius 3 is 3.00 bits per heavy atom. The van der Waals surface area contributed by atoms with Gasteiger partial charge in [-0.1, -0.05) is 25.2 Å². The molecule has 0 radical (unpaired) electrons. The molecule has 1 atom stereocenters. The Labute approximate surface area is 94.5 Å². The molecule has 2 rings (SSSR count). The van der Waals surface area contributed by atoms with E-state index >= 15 is 0 Å². The lowest BCUT2D eigenvalue weighted by Gasteiger charge is -2.08. The SMILES string of the molecule is C[C@H](CC(=O)O)c1c[nH]c2c1C=CCC=C2. The van der Waals surface area contributed by atoms with Crippen LogP contribution in [-0.2, 0) is 4.79 Å². The number of hydrogen-bond acceptors (Lipinski definition) is 1. The third-order valence-electron chi connectivity index (χ3n) is 2.84. The fourth-order valence-corrected chi connectivity index (χ4v) is 2.02. The maximum atomic E-state index is 10.7. The molecule has 0 aromatic carbocycles. The Kier molecular flexibility index (Phi) is 2.95. The topological polar surface area (TPSA) is 53.1 Å². The monoisotopic (exact) mass is 217 g/mol. The van der Waals surface area contributed by atoms with Gasteiger partial charge in [-0.2, -0.15) is 0 Å². The lowest BCUT2D eigenvalue weighted by atomic mass is 9.95. The van der Waals surface area contributed by atoms with E-state index in [1.807, 2.05) is 19.2 Å². The van der Waals surface area contributed by atoms with E-state index in [1.54, 1.807) is 0 Å². The average molecular weight is 217 g/mol. The lowest BCUT2D eigenvalue weighted by Crippen LogP contribution is -2.03. The van der Waals surface area contributed by atoms with Crippen LogP contribution in [0.4, 0.5) is 0 Å². The zero-order chi connectivity index (χ0) is 11.5. The molecule has 0 aliphatic heterocycles. The maximum absolute atomic E-state index is 10.7. The Morgan fingerprint density at radius 1 is 1.50 bits per heavy atom. The van der Waals surface area contributed by atoms with Crippen molar-refractivity contribution in [2.45, 2.75) is 25.7 Å². The Bertz CT molecular complexity index is 454. The van der Waals surface area contributed by atoms with E-state index in [0.29, 0.717) is 0 Å². The molecule has 0 saturated heterocycles. The quantitative estimate of drug-likeness (QED) is 0.817. The second kappa shape index (κ2) is 4.39. The smallest absolute Gasteiger partial charge is 0.303 e. The maximum Gasteiger partial charge on any atom is 0.303 e. The molecular weight excluding hydrogens is 202 g/mol. The highest BCUT2D eigenvalue weighted by molar-refractivity contribution is 5.71. The van der Waals surface area contributed by atoms with Gasteiger partial charge in [0.05, 0.1) is 6.42 Å². The van der Waals surface area contributed by atoms with E-state index in [2.05, 4.69) is 23.2 Å². The predicted octanol–water partition coefficient (Wildman–Crippen LogP) is 3.02. The molecule has 0 amide bonds. The summed E-state index contributed by atoms with van der Waals surface area (Å²) in [5.74, 6) is -0.718. The number of carboxylic acid groups (broad SMARTS) is 1. The van der Waals surface area contributed by atoms with E-state index in [9.17, 15) is 4.79 Å². The summed E-state index contributed by atoms with van der Waals surface area (Å²) in [6.45, 7) is 1.94. The van der Waals surface area contributed by atoms with Gasteiger partial charge >= 0.3 is 5.97 Å². The minimum absolute atomic E-state index is 0.0358. The van der Waals surface area contributed by atoms with Gasteiger partial charge in [0.25, 0.3) is 0 Å². The minimum Gasteiger partial charge on any atom is -0.481 e. The average Bonchev–Trinajstić information content (AvgIpc) is 2.47. The fraction of sp³-hybridized carbons (Fsp3) is 0.308. The number of allylic oxidation sites excluding steroid dienone is 2. The molecule has 0 bridgehead atoms. The third-order valence-corrected chi connectivity index (χ3v) is 2.84. The summed E-state index contributed by atoms with van der Waals surface area (Å²) in [6.07, 6.45) is 11.3.